The summed E-state index contributed by atoms with van der Waals surface area (Å²) in [7, 11) is -1.14. The zero-order valence-electron chi connectivity index (χ0n) is 20.4. The van der Waals surface area contributed by atoms with Crippen molar-refractivity contribution >= 4 is 15.9 Å². The quantitative estimate of drug-likeness (QED) is 0.331. The van der Waals surface area contributed by atoms with Crippen LogP contribution in [0.3, 0.4) is 0 Å². The first kappa shape index (κ1) is 25.6. The third-order valence-corrected chi connectivity index (χ3v) is 6.39. The van der Waals surface area contributed by atoms with Crippen molar-refractivity contribution in [1.29, 1.82) is 0 Å². The molecule has 0 bridgehead atoms. The molecule has 0 aliphatic rings. The number of aromatic nitrogens is 4. The van der Waals surface area contributed by atoms with Gasteiger partial charge in [0, 0.05) is 7.49 Å². The van der Waals surface area contributed by atoms with E-state index in [-0.39, 0.29) is 13.1 Å². The van der Waals surface area contributed by atoms with E-state index in [9.17, 15) is 13.2 Å². The Kier molecular flexibility index (Phi) is 7.68. The van der Waals surface area contributed by atoms with Gasteiger partial charge in [-0.05, 0) is 30.7 Å². The van der Waals surface area contributed by atoms with Crippen LogP contribution in [0, 0.1) is 0 Å². The van der Waals surface area contributed by atoms with Crippen molar-refractivity contribution in [2.24, 2.45) is 0 Å². The van der Waals surface area contributed by atoms with Gasteiger partial charge in [0.2, 0.25) is 21.7 Å². The molecule has 0 aliphatic carbocycles. The van der Waals surface area contributed by atoms with Gasteiger partial charge in [-0.1, -0.05) is 42.5 Å². The molecule has 4 rings (SSSR count). The molecule has 0 saturated heterocycles. The number of rotatable bonds is 10. The van der Waals surface area contributed by atoms with Gasteiger partial charge in [0.05, 0.1) is 26.6 Å². The number of carbonyl (C=O) groups excluding carboxylic acids is 1. The van der Waals surface area contributed by atoms with Crippen LogP contribution in [0.15, 0.2) is 66.7 Å². The summed E-state index contributed by atoms with van der Waals surface area (Å²) in [6, 6.07) is 18.6. The predicted octanol–water partition coefficient (Wildman–Crippen LogP) is 3.25. The maximum atomic E-state index is 13.3. The molecule has 12 heteroatoms. The van der Waals surface area contributed by atoms with E-state index in [1.165, 1.54) is 18.8 Å². The van der Waals surface area contributed by atoms with Crippen molar-refractivity contribution in [2.45, 2.75) is 12.7 Å². The van der Waals surface area contributed by atoms with Crippen molar-refractivity contribution in [1.82, 2.24) is 24.5 Å². The number of benzene rings is 2. The number of nitrogens with zero attached hydrogens (tertiary/aromatic N) is 4. The molecule has 0 unspecified atom stereocenters. The molecule has 2 aromatic carbocycles. The first-order chi connectivity index (χ1) is 17.9. The number of para-hydroxylation sites is 1. The molecule has 0 aliphatic heterocycles. The first-order valence-corrected chi connectivity index (χ1v) is 12.9. The van der Waals surface area contributed by atoms with Gasteiger partial charge in [0.25, 0.3) is 0 Å². The molecule has 0 radical (unpaired) electrons. The SMILES string of the molecule is CCOc1cccc(-c2nnc(C(=O)NS(=O)(=O)Cc3ccccc3)n2-c2c(OC)cccc2OC)n1.[HH]. The second kappa shape index (κ2) is 11.1. The van der Waals surface area contributed by atoms with Gasteiger partial charge in [-0.15, -0.1) is 10.2 Å². The standard InChI is InChI=1S/C25H25N5O6S.H2/c1-4-36-21-15-8-12-18(26-21)23-27-28-24(30(23)22-19(34-2)13-9-14-20(22)35-3)25(31)29-37(32,33)16-17-10-6-5-7-11-17;/h5-15H,4,16H2,1-3H3,(H,29,31);1H. The van der Waals surface area contributed by atoms with Crippen molar-refractivity contribution in [3.63, 3.8) is 0 Å². The summed E-state index contributed by atoms with van der Waals surface area (Å²) in [4.78, 5) is 17.8. The lowest BCUT2D eigenvalue weighted by molar-refractivity contribution is 0.0969. The predicted molar refractivity (Wildman–Crippen MR) is 138 cm³/mol. The number of sulfonamides is 1. The molecule has 2 heterocycles. The minimum atomic E-state index is -4.06. The Labute approximate surface area is 215 Å². The molecule has 37 heavy (non-hydrogen) atoms. The third-order valence-electron chi connectivity index (χ3n) is 5.18. The first-order valence-electron chi connectivity index (χ1n) is 11.2. The van der Waals surface area contributed by atoms with Crippen molar-refractivity contribution in [3.8, 4) is 34.6 Å². The molecule has 4 aromatic rings. The zero-order valence-corrected chi connectivity index (χ0v) is 21.2. The largest absolute Gasteiger partial charge is 0.494 e. The van der Waals surface area contributed by atoms with Gasteiger partial charge >= 0.3 is 5.91 Å². The van der Waals surface area contributed by atoms with Crippen LogP contribution >= 0.6 is 0 Å². The summed E-state index contributed by atoms with van der Waals surface area (Å²) in [6.07, 6.45) is 0. The molecule has 1 amide bonds. The third kappa shape index (κ3) is 5.70. The van der Waals surface area contributed by atoms with Gasteiger partial charge in [-0.3, -0.25) is 9.36 Å². The van der Waals surface area contributed by atoms with E-state index >= 15 is 0 Å². The van der Waals surface area contributed by atoms with Gasteiger partial charge in [0.1, 0.15) is 22.9 Å². The number of nitrogens with one attached hydrogen (secondary N) is 1. The van der Waals surface area contributed by atoms with Crippen molar-refractivity contribution in [3.05, 3.63) is 78.1 Å². The number of hydrogen-bond acceptors (Lipinski definition) is 9. The zero-order chi connectivity index (χ0) is 26.4. The highest BCUT2D eigenvalue weighted by molar-refractivity contribution is 7.89. The topological polar surface area (TPSA) is 135 Å². The molecule has 0 atom stereocenters. The summed E-state index contributed by atoms with van der Waals surface area (Å²) < 4.78 is 45.6. The minimum absolute atomic E-state index is 0. The van der Waals surface area contributed by atoms with E-state index in [4.69, 9.17) is 14.2 Å². The van der Waals surface area contributed by atoms with Crippen LogP contribution in [0.4, 0.5) is 0 Å². The van der Waals surface area contributed by atoms with E-state index in [1.807, 2.05) is 6.92 Å². The number of methoxy groups -OCH3 is 2. The Morgan fingerprint density at radius 3 is 2.27 bits per heavy atom. The van der Waals surface area contributed by atoms with Crippen molar-refractivity contribution in [2.75, 3.05) is 20.8 Å². The van der Waals surface area contributed by atoms with Crippen LogP contribution in [-0.2, 0) is 15.8 Å². The van der Waals surface area contributed by atoms with E-state index in [2.05, 4.69) is 19.9 Å². The number of hydrogen-bond donors (Lipinski definition) is 1. The lowest BCUT2D eigenvalue weighted by atomic mass is 10.2. The lowest BCUT2D eigenvalue weighted by Crippen LogP contribution is -2.33. The van der Waals surface area contributed by atoms with Crippen LogP contribution in [-0.4, -0.2) is 54.9 Å². The summed E-state index contributed by atoms with van der Waals surface area (Å²) >= 11 is 0. The van der Waals surface area contributed by atoms with Gasteiger partial charge < -0.3 is 14.2 Å². The average molecular weight is 526 g/mol. The maximum absolute atomic E-state index is 13.3. The summed E-state index contributed by atoms with van der Waals surface area (Å²) in [5, 5.41) is 8.21. The smallest absolute Gasteiger partial charge is 0.303 e. The monoisotopic (exact) mass is 525 g/mol. The highest BCUT2D eigenvalue weighted by Crippen LogP contribution is 2.36. The Bertz CT molecular complexity index is 1490. The number of ether oxygens (including phenoxy) is 3. The van der Waals surface area contributed by atoms with Crippen molar-refractivity contribution < 1.29 is 28.8 Å². The van der Waals surface area contributed by atoms with Gasteiger partial charge in [-0.2, -0.15) is 0 Å². The molecular weight excluding hydrogens is 498 g/mol. The van der Waals surface area contributed by atoms with E-state index in [0.717, 1.165) is 0 Å². The molecule has 0 spiro atoms. The Morgan fingerprint density at radius 1 is 0.946 bits per heavy atom. The molecule has 1 N–H and O–H groups in total. The van der Waals surface area contributed by atoms with E-state index in [0.29, 0.717) is 40.9 Å². The number of pyridine rings is 1. The van der Waals surface area contributed by atoms with Crippen LogP contribution in [0.1, 0.15) is 24.5 Å². The molecule has 2 aromatic heterocycles. The van der Waals surface area contributed by atoms with E-state index < -0.39 is 21.7 Å². The van der Waals surface area contributed by atoms with Crippen LogP contribution < -0.4 is 18.9 Å². The molecule has 11 nitrogen and oxygen atoms in total. The van der Waals surface area contributed by atoms with Crippen LogP contribution in [0.2, 0.25) is 0 Å². The molecular formula is C25H27N5O6S. The maximum Gasteiger partial charge on any atom is 0.303 e. The Balaban J connectivity index is 0.00000400. The average Bonchev–Trinajstić information content (AvgIpc) is 3.33. The van der Waals surface area contributed by atoms with Crippen LogP contribution in [0.25, 0.3) is 17.2 Å². The van der Waals surface area contributed by atoms with Crippen LogP contribution in [0.5, 0.6) is 17.4 Å². The molecule has 0 fully saturated rings. The highest BCUT2D eigenvalue weighted by Gasteiger charge is 2.29. The summed E-state index contributed by atoms with van der Waals surface area (Å²) in [5.41, 5.74) is 1.15. The molecule has 194 valence electrons. The fourth-order valence-corrected chi connectivity index (χ4v) is 4.72. The van der Waals surface area contributed by atoms with Gasteiger partial charge in [0.15, 0.2) is 5.82 Å². The summed E-state index contributed by atoms with van der Waals surface area (Å²) in [5.74, 6) is -0.518. The Morgan fingerprint density at radius 2 is 1.62 bits per heavy atom. The fraction of sp³-hybridized carbons (Fsp3) is 0.200. The second-order valence-electron chi connectivity index (χ2n) is 7.66. The molecule has 0 saturated carbocycles. The number of carbonyl (C=O) groups is 1. The second-order valence-corrected chi connectivity index (χ2v) is 9.39. The highest BCUT2D eigenvalue weighted by atomic mass is 32.2. The van der Waals surface area contributed by atoms with Gasteiger partial charge in [-0.25, -0.2) is 18.1 Å². The number of amides is 1. The fourth-order valence-electron chi connectivity index (χ4n) is 3.65. The lowest BCUT2D eigenvalue weighted by Gasteiger charge is -2.17. The summed E-state index contributed by atoms with van der Waals surface area (Å²) in [6.45, 7) is 2.23. The van der Waals surface area contributed by atoms with E-state index in [1.54, 1.807) is 66.7 Å². The normalized spacial score (nSPS) is 11.1. The Hall–Kier alpha value is -4.45. The minimum Gasteiger partial charge on any atom is -0.494 e.